The summed E-state index contributed by atoms with van der Waals surface area (Å²) in [6.07, 6.45) is 2.83. The van der Waals surface area contributed by atoms with E-state index in [1.165, 1.54) is 0 Å². The van der Waals surface area contributed by atoms with Crippen molar-refractivity contribution in [2.45, 2.75) is 31.9 Å². The fraction of sp³-hybridized carbons (Fsp3) is 0.636. The van der Waals surface area contributed by atoms with E-state index in [0.29, 0.717) is 12.6 Å². The molecule has 15 heavy (non-hydrogen) atoms. The zero-order chi connectivity index (χ0) is 11.1. The van der Waals surface area contributed by atoms with Gasteiger partial charge in [-0.25, -0.2) is 0 Å². The molecule has 4 nitrogen and oxygen atoms in total. The van der Waals surface area contributed by atoms with E-state index in [2.05, 4.69) is 5.32 Å². The van der Waals surface area contributed by atoms with Gasteiger partial charge in [0.1, 0.15) is 5.76 Å². The van der Waals surface area contributed by atoms with Crippen molar-refractivity contribution in [3.63, 3.8) is 0 Å². The summed E-state index contributed by atoms with van der Waals surface area (Å²) in [5, 5.41) is 20.9. The second kappa shape index (κ2) is 6.61. The molecule has 0 saturated heterocycles. The van der Waals surface area contributed by atoms with Crippen molar-refractivity contribution >= 4 is 0 Å². The van der Waals surface area contributed by atoms with E-state index in [1.54, 1.807) is 6.26 Å². The molecular formula is C11H19NO3. The molecule has 1 heterocycles. The maximum absolute atomic E-state index is 9.13. The monoisotopic (exact) mass is 213 g/mol. The Labute approximate surface area is 89.9 Å². The molecule has 3 N–H and O–H groups in total. The van der Waals surface area contributed by atoms with Crippen LogP contribution in [0.25, 0.3) is 0 Å². The molecule has 4 heteroatoms. The topological polar surface area (TPSA) is 65.6 Å². The fourth-order valence-corrected chi connectivity index (χ4v) is 1.32. The number of hydrogen-bond acceptors (Lipinski definition) is 4. The molecule has 0 amide bonds. The molecular weight excluding hydrogens is 194 g/mol. The van der Waals surface area contributed by atoms with Gasteiger partial charge in [-0.15, -0.1) is 0 Å². The molecule has 0 aliphatic rings. The van der Waals surface area contributed by atoms with Gasteiger partial charge in [-0.2, -0.15) is 0 Å². The first kappa shape index (κ1) is 12.2. The lowest BCUT2D eigenvalue weighted by atomic mass is 10.1. The number of hydrogen-bond donors (Lipinski definition) is 3. The van der Waals surface area contributed by atoms with Crippen molar-refractivity contribution in [3.05, 3.63) is 24.2 Å². The van der Waals surface area contributed by atoms with Crippen molar-refractivity contribution in [3.8, 4) is 0 Å². The number of rotatable bonds is 7. The van der Waals surface area contributed by atoms with Gasteiger partial charge in [0.25, 0.3) is 0 Å². The second-order valence-electron chi connectivity index (χ2n) is 3.76. The average molecular weight is 213 g/mol. The van der Waals surface area contributed by atoms with Gasteiger partial charge in [-0.1, -0.05) is 0 Å². The molecule has 0 fully saturated rings. The molecule has 1 rings (SSSR count). The second-order valence-corrected chi connectivity index (χ2v) is 3.76. The van der Waals surface area contributed by atoms with Gasteiger partial charge in [0, 0.05) is 19.0 Å². The van der Waals surface area contributed by atoms with Gasteiger partial charge in [-0.3, -0.25) is 0 Å². The van der Waals surface area contributed by atoms with E-state index >= 15 is 0 Å². The van der Waals surface area contributed by atoms with Crippen LogP contribution in [0.4, 0.5) is 0 Å². The molecule has 0 aromatic carbocycles. The first-order valence-electron chi connectivity index (χ1n) is 5.27. The van der Waals surface area contributed by atoms with Crippen molar-refractivity contribution in [1.29, 1.82) is 0 Å². The van der Waals surface area contributed by atoms with Crippen LogP contribution in [0.2, 0.25) is 0 Å². The molecule has 0 aliphatic heterocycles. The zero-order valence-electron chi connectivity index (χ0n) is 9.02. The van der Waals surface area contributed by atoms with E-state index < -0.39 is 6.10 Å². The van der Waals surface area contributed by atoms with Crippen LogP contribution in [0.15, 0.2) is 22.8 Å². The highest BCUT2D eigenvalue weighted by Crippen LogP contribution is 2.05. The summed E-state index contributed by atoms with van der Waals surface area (Å²) >= 11 is 0. The summed E-state index contributed by atoms with van der Waals surface area (Å²) < 4.78 is 5.21. The predicted octanol–water partition coefficient (Wildman–Crippen LogP) is 0.543. The third-order valence-corrected chi connectivity index (χ3v) is 2.32. The lowest BCUT2D eigenvalue weighted by Crippen LogP contribution is -2.35. The first-order valence-corrected chi connectivity index (χ1v) is 5.27. The highest BCUT2D eigenvalue weighted by molar-refractivity contribution is 4.98. The van der Waals surface area contributed by atoms with Crippen molar-refractivity contribution in [2.24, 2.45) is 0 Å². The highest BCUT2D eigenvalue weighted by Gasteiger charge is 2.06. The summed E-state index contributed by atoms with van der Waals surface area (Å²) in [4.78, 5) is 0. The van der Waals surface area contributed by atoms with E-state index in [4.69, 9.17) is 14.6 Å². The van der Waals surface area contributed by atoms with Crippen LogP contribution >= 0.6 is 0 Å². The maximum atomic E-state index is 9.13. The predicted molar refractivity (Wildman–Crippen MR) is 57.6 cm³/mol. The molecule has 2 unspecified atom stereocenters. The molecule has 86 valence electrons. The van der Waals surface area contributed by atoms with E-state index in [-0.39, 0.29) is 6.61 Å². The molecule has 1 aromatic heterocycles. The standard InChI is InChI=1S/C11H19NO3/c1-9(12-7-10(14)8-13)4-5-11-3-2-6-15-11/h2-3,6,9-10,12-14H,4-5,7-8H2,1H3. The summed E-state index contributed by atoms with van der Waals surface area (Å²) in [5.74, 6) is 0.978. The minimum Gasteiger partial charge on any atom is -0.469 e. The van der Waals surface area contributed by atoms with Gasteiger partial charge in [0.05, 0.1) is 19.0 Å². The normalized spacial score (nSPS) is 15.1. The van der Waals surface area contributed by atoms with Crippen LogP contribution in [0.1, 0.15) is 19.1 Å². The quantitative estimate of drug-likeness (QED) is 0.618. The molecule has 1 aromatic rings. The Kier molecular flexibility index (Phi) is 5.39. The van der Waals surface area contributed by atoms with E-state index in [9.17, 15) is 0 Å². The van der Waals surface area contributed by atoms with E-state index in [0.717, 1.165) is 18.6 Å². The van der Waals surface area contributed by atoms with Crippen molar-refractivity contribution < 1.29 is 14.6 Å². The van der Waals surface area contributed by atoms with Crippen LogP contribution in [0, 0.1) is 0 Å². The zero-order valence-corrected chi connectivity index (χ0v) is 9.02. The van der Waals surface area contributed by atoms with Crippen LogP contribution in [0.5, 0.6) is 0 Å². The maximum Gasteiger partial charge on any atom is 0.103 e. The number of aliphatic hydroxyl groups excluding tert-OH is 2. The molecule has 0 radical (unpaired) electrons. The summed E-state index contributed by atoms with van der Waals surface area (Å²) in [6.45, 7) is 2.28. The lowest BCUT2D eigenvalue weighted by molar-refractivity contribution is 0.0921. The smallest absolute Gasteiger partial charge is 0.103 e. The summed E-state index contributed by atoms with van der Waals surface area (Å²) in [6, 6.07) is 4.13. The van der Waals surface area contributed by atoms with Gasteiger partial charge < -0.3 is 19.9 Å². The van der Waals surface area contributed by atoms with Crippen molar-refractivity contribution in [2.75, 3.05) is 13.2 Å². The van der Waals surface area contributed by atoms with Gasteiger partial charge in [-0.05, 0) is 25.5 Å². The fourth-order valence-electron chi connectivity index (χ4n) is 1.32. The largest absolute Gasteiger partial charge is 0.469 e. The number of nitrogens with one attached hydrogen (secondary N) is 1. The number of aryl methyl sites for hydroxylation is 1. The Morgan fingerprint density at radius 2 is 2.33 bits per heavy atom. The Balaban J connectivity index is 2.11. The Morgan fingerprint density at radius 1 is 1.53 bits per heavy atom. The van der Waals surface area contributed by atoms with Crippen LogP contribution in [0.3, 0.4) is 0 Å². The third-order valence-electron chi connectivity index (χ3n) is 2.32. The Morgan fingerprint density at radius 3 is 2.93 bits per heavy atom. The van der Waals surface area contributed by atoms with Crippen LogP contribution in [-0.4, -0.2) is 35.5 Å². The van der Waals surface area contributed by atoms with Gasteiger partial charge in [0.15, 0.2) is 0 Å². The average Bonchev–Trinajstić information content (AvgIpc) is 2.75. The number of aliphatic hydroxyl groups is 2. The molecule has 0 bridgehead atoms. The molecule has 0 aliphatic carbocycles. The number of furan rings is 1. The molecule has 2 atom stereocenters. The van der Waals surface area contributed by atoms with Crippen LogP contribution in [-0.2, 0) is 6.42 Å². The third kappa shape index (κ3) is 4.97. The highest BCUT2D eigenvalue weighted by atomic mass is 16.3. The first-order chi connectivity index (χ1) is 7.22. The van der Waals surface area contributed by atoms with Crippen LogP contribution < -0.4 is 5.32 Å². The Hall–Kier alpha value is -0.840. The van der Waals surface area contributed by atoms with Crippen molar-refractivity contribution in [1.82, 2.24) is 5.32 Å². The lowest BCUT2D eigenvalue weighted by Gasteiger charge is -2.15. The van der Waals surface area contributed by atoms with E-state index in [1.807, 2.05) is 19.1 Å². The SMILES string of the molecule is CC(CCc1ccco1)NCC(O)CO. The molecule has 0 spiro atoms. The summed E-state index contributed by atoms with van der Waals surface area (Å²) in [7, 11) is 0. The Bertz CT molecular complexity index is 248. The molecule has 0 saturated carbocycles. The summed E-state index contributed by atoms with van der Waals surface area (Å²) in [5.41, 5.74) is 0. The van der Waals surface area contributed by atoms with Gasteiger partial charge >= 0.3 is 0 Å². The van der Waals surface area contributed by atoms with Gasteiger partial charge in [0.2, 0.25) is 0 Å². The minimum absolute atomic E-state index is 0.197. The minimum atomic E-state index is -0.670.